The van der Waals surface area contributed by atoms with Crippen molar-refractivity contribution in [2.75, 3.05) is 6.61 Å². The third-order valence-electron chi connectivity index (χ3n) is 3.94. The minimum absolute atomic E-state index is 0.330. The van der Waals surface area contributed by atoms with Gasteiger partial charge < -0.3 is 14.9 Å². The summed E-state index contributed by atoms with van der Waals surface area (Å²) in [7, 11) is 0. The zero-order valence-electron chi connectivity index (χ0n) is 12.4. The molecular weight excluding hydrogens is 306 g/mol. The first-order valence-electron chi connectivity index (χ1n) is 7.12. The molecule has 0 bridgehead atoms. The van der Waals surface area contributed by atoms with Crippen LogP contribution in [0.3, 0.4) is 0 Å². The lowest BCUT2D eigenvalue weighted by molar-refractivity contribution is -0.0839. The number of H-pyrrole nitrogens is 1. The zero-order valence-corrected chi connectivity index (χ0v) is 12.4. The summed E-state index contributed by atoms with van der Waals surface area (Å²) < 4.78 is 8.54. The molecule has 0 amide bonds. The highest BCUT2D eigenvalue weighted by atomic mass is 16.5. The van der Waals surface area contributed by atoms with Gasteiger partial charge in [-0.05, 0) is 6.92 Å². The Morgan fingerprint density at radius 1 is 1.52 bits per heavy atom. The molecule has 1 aliphatic rings. The first-order chi connectivity index (χ1) is 11.0. The Hall–Kier alpha value is -2.30. The van der Waals surface area contributed by atoms with Gasteiger partial charge in [-0.1, -0.05) is 0 Å². The maximum Gasteiger partial charge on any atom is 0.330 e. The third-order valence-corrected chi connectivity index (χ3v) is 3.94. The number of nitrogens with one attached hydrogen (secondary N) is 1. The van der Waals surface area contributed by atoms with E-state index in [1.807, 2.05) is 0 Å². The van der Waals surface area contributed by atoms with Crippen LogP contribution in [0.2, 0.25) is 0 Å². The number of aliphatic hydroxyl groups excluding tert-OH is 2. The van der Waals surface area contributed by atoms with E-state index in [0.717, 1.165) is 0 Å². The molecule has 3 N–H and O–H groups in total. The van der Waals surface area contributed by atoms with Crippen molar-refractivity contribution in [3.8, 4) is 0 Å². The van der Waals surface area contributed by atoms with Crippen LogP contribution in [-0.2, 0) is 4.74 Å². The number of rotatable bonds is 4. The Balaban J connectivity index is 1.96. The van der Waals surface area contributed by atoms with Gasteiger partial charge in [0.1, 0.15) is 31.1 Å². The lowest BCUT2D eigenvalue weighted by Crippen LogP contribution is -2.36. The predicted molar refractivity (Wildman–Crippen MR) is 76.7 cm³/mol. The van der Waals surface area contributed by atoms with Crippen LogP contribution >= 0.6 is 0 Å². The predicted octanol–water partition coefficient (Wildman–Crippen LogP) is -1.68. The number of aliphatic hydroxyl groups is 2. The van der Waals surface area contributed by atoms with Crippen LogP contribution < -0.4 is 11.2 Å². The highest BCUT2D eigenvalue weighted by Gasteiger charge is 2.42. The second-order valence-corrected chi connectivity index (χ2v) is 5.46. The molecular formula is C13H17N5O5. The second-order valence-electron chi connectivity index (χ2n) is 5.46. The standard InChI is InChI=1S/C13H17N5O5/c1-7-3-17(13(22)16-12(7)21)10-2-8(18-6-14-5-15-18)11(23-10)9(20)4-19/h3,5-6,8-11,19-20H,2,4H2,1H3,(H,16,21,22)/t8-,9+,10-,11-/m0/s1. The van der Waals surface area contributed by atoms with E-state index >= 15 is 0 Å². The van der Waals surface area contributed by atoms with E-state index < -0.39 is 42.3 Å². The van der Waals surface area contributed by atoms with Crippen molar-refractivity contribution in [2.45, 2.75) is 37.8 Å². The van der Waals surface area contributed by atoms with Gasteiger partial charge in [-0.15, -0.1) is 0 Å². The molecule has 1 saturated heterocycles. The lowest BCUT2D eigenvalue weighted by atomic mass is 10.1. The van der Waals surface area contributed by atoms with Gasteiger partial charge in [0.05, 0.1) is 12.6 Å². The van der Waals surface area contributed by atoms with Crippen molar-refractivity contribution in [1.82, 2.24) is 24.3 Å². The molecule has 3 heterocycles. The van der Waals surface area contributed by atoms with E-state index in [2.05, 4.69) is 15.1 Å². The van der Waals surface area contributed by atoms with Crippen molar-refractivity contribution in [3.63, 3.8) is 0 Å². The largest absolute Gasteiger partial charge is 0.394 e. The molecule has 0 radical (unpaired) electrons. The van der Waals surface area contributed by atoms with Crippen molar-refractivity contribution in [3.05, 3.63) is 45.3 Å². The Labute approximate surface area is 130 Å². The van der Waals surface area contributed by atoms with E-state index in [-0.39, 0.29) is 0 Å². The van der Waals surface area contributed by atoms with Crippen LogP contribution in [0.15, 0.2) is 28.4 Å². The fourth-order valence-corrected chi connectivity index (χ4v) is 2.75. The second kappa shape index (κ2) is 6.07. The van der Waals surface area contributed by atoms with Crippen molar-refractivity contribution < 1.29 is 14.9 Å². The van der Waals surface area contributed by atoms with Gasteiger partial charge in [0.15, 0.2) is 0 Å². The fourth-order valence-electron chi connectivity index (χ4n) is 2.75. The smallest absolute Gasteiger partial charge is 0.330 e. The highest BCUT2D eigenvalue weighted by Crippen LogP contribution is 2.37. The summed E-state index contributed by atoms with van der Waals surface area (Å²) in [5, 5.41) is 23.2. The number of ether oxygens (including phenoxy) is 1. The molecule has 0 saturated carbocycles. The van der Waals surface area contributed by atoms with Crippen molar-refractivity contribution >= 4 is 0 Å². The average Bonchev–Trinajstić information content (AvgIpc) is 3.18. The summed E-state index contributed by atoms with van der Waals surface area (Å²) >= 11 is 0. The first-order valence-corrected chi connectivity index (χ1v) is 7.12. The summed E-state index contributed by atoms with van der Waals surface area (Å²) in [5.41, 5.74) is -0.678. The molecule has 3 rings (SSSR count). The van der Waals surface area contributed by atoms with Gasteiger partial charge in [0, 0.05) is 18.2 Å². The quantitative estimate of drug-likeness (QED) is 0.611. The maximum absolute atomic E-state index is 12.0. The van der Waals surface area contributed by atoms with Crippen LogP contribution in [0, 0.1) is 6.92 Å². The summed E-state index contributed by atoms with van der Waals surface area (Å²) in [6, 6.07) is -0.399. The molecule has 1 fully saturated rings. The summed E-state index contributed by atoms with van der Waals surface area (Å²) in [6.45, 7) is 1.10. The zero-order chi connectivity index (χ0) is 16.6. The summed E-state index contributed by atoms with van der Waals surface area (Å²) in [6.07, 6.45) is 1.99. The van der Waals surface area contributed by atoms with Gasteiger partial charge >= 0.3 is 5.69 Å². The van der Waals surface area contributed by atoms with E-state index in [1.165, 1.54) is 28.1 Å². The van der Waals surface area contributed by atoms with Crippen molar-refractivity contribution in [2.24, 2.45) is 0 Å². The average molecular weight is 323 g/mol. The van der Waals surface area contributed by atoms with Gasteiger partial charge in [-0.25, -0.2) is 14.5 Å². The molecule has 0 aliphatic carbocycles. The van der Waals surface area contributed by atoms with Gasteiger partial charge in [-0.2, -0.15) is 5.10 Å². The van der Waals surface area contributed by atoms with Gasteiger partial charge in [-0.3, -0.25) is 14.3 Å². The van der Waals surface area contributed by atoms with Crippen LogP contribution in [0.5, 0.6) is 0 Å². The molecule has 0 spiro atoms. The van der Waals surface area contributed by atoms with Crippen LogP contribution in [0.25, 0.3) is 0 Å². The number of nitrogens with zero attached hydrogens (tertiary/aromatic N) is 4. The minimum Gasteiger partial charge on any atom is -0.394 e. The Bertz CT molecular complexity index is 783. The lowest BCUT2D eigenvalue weighted by Gasteiger charge is -2.22. The molecule has 0 aromatic carbocycles. The van der Waals surface area contributed by atoms with Gasteiger partial charge in [0.25, 0.3) is 5.56 Å². The minimum atomic E-state index is -1.13. The maximum atomic E-state index is 12.0. The number of hydrogen-bond donors (Lipinski definition) is 3. The SMILES string of the molecule is Cc1cn([C@@H]2C[C@H](n3cncn3)[C@@H]([C@H](O)CO)O2)c(=O)[nH]c1=O. The molecule has 2 aromatic rings. The molecule has 124 valence electrons. The number of hydrogen-bond acceptors (Lipinski definition) is 7. The monoisotopic (exact) mass is 323 g/mol. The third kappa shape index (κ3) is 2.83. The summed E-state index contributed by atoms with van der Waals surface area (Å²) in [5.74, 6) is 0. The molecule has 1 aliphatic heterocycles. The number of aromatic amines is 1. The van der Waals surface area contributed by atoms with Crippen LogP contribution in [0.4, 0.5) is 0 Å². The molecule has 2 aromatic heterocycles. The topological polar surface area (TPSA) is 135 Å². The number of aromatic nitrogens is 5. The summed E-state index contributed by atoms with van der Waals surface area (Å²) in [4.78, 5) is 29.6. The highest BCUT2D eigenvalue weighted by molar-refractivity contribution is 5.02. The molecule has 10 nitrogen and oxygen atoms in total. The Kier molecular flexibility index (Phi) is 4.11. The number of aryl methyl sites for hydroxylation is 1. The molecule has 23 heavy (non-hydrogen) atoms. The normalized spacial score (nSPS) is 25.6. The van der Waals surface area contributed by atoms with Crippen LogP contribution in [-0.4, -0.2) is 53.3 Å². The Morgan fingerprint density at radius 3 is 2.96 bits per heavy atom. The fraction of sp³-hybridized carbons (Fsp3) is 0.538. The molecule has 4 atom stereocenters. The van der Waals surface area contributed by atoms with E-state index in [0.29, 0.717) is 12.0 Å². The van der Waals surface area contributed by atoms with Crippen LogP contribution in [0.1, 0.15) is 24.3 Å². The van der Waals surface area contributed by atoms with E-state index in [1.54, 1.807) is 6.92 Å². The van der Waals surface area contributed by atoms with Gasteiger partial charge in [0.2, 0.25) is 0 Å². The Morgan fingerprint density at radius 2 is 2.30 bits per heavy atom. The van der Waals surface area contributed by atoms with E-state index in [4.69, 9.17) is 4.74 Å². The van der Waals surface area contributed by atoms with E-state index in [9.17, 15) is 19.8 Å². The molecule has 0 unspecified atom stereocenters. The van der Waals surface area contributed by atoms with Crippen molar-refractivity contribution in [1.29, 1.82) is 0 Å². The molecule has 10 heteroatoms. The first kappa shape index (κ1) is 15.6.